The topological polar surface area (TPSA) is 76.4 Å². The molecule has 0 bridgehead atoms. The van der Waals surface area contributed by atoms with Gasteiger partial charge in [-0.25, -0.2) is 4.79 Å². The second kappa shape index (κ2) is 5.03. The molecule has 1 atom stereocenters. The summed E-state index contributed by atoms with van der Waals surface area (Å²) in [5.41, 5.74) is 6.13. The van der Waals surface area contributed by atoms with Gasteiger partial charge in [0.05, 0.1) is 6.17 Å². The number of rotatable bonds is 2. The predicted molar refractivity (Wildman–Crippen MR) is 62.6 cm³/mol. The first-order valence-electron chi connectivity index (χ1n) is 5.22. The quantitative estimate of drug-likeness (QED) is 0.651. The minimum Gasteiger partial charge on any atom is -0.444 e. The van der Waals surface area contributed by atoms with Crippen molar-refractivity contribution in [1.82, 2.24) is 10.6 Å². The molecule has 0 radical (unpaired) electrons. The minimum atomic E-state index is -0.473. The van der Waals surface area contributed by atoms with Crippen molar-refractivity contribution in [2.24, 2.45) is 5.73 Å². The second-order valence-electron chi connectivity index (χ2n) is 4.62. The number of ether oxygens (including phenoxy) is 1. The molecule has 0 saturated carbocycles. The van der Waals surface area contributed by atoms with Crippen molar-refractivity contribution >= 4 is 6.09 Å². The first kappa shape index (κ1) is 12.6. The van der Waals surface area contributed by atoms with Crippen LogP contribution in [0.1, 0.15) is 20.8 Å². The fourth-order valence-corrected chi connectivity index (χ4v) is 1.21. The zero-order valence-electron chi connectivity index (χ0n) is 9.91. The molecule has 1 aliphatic rings. The van der Waals surface area contributed by atoms with Gasteiger partial charge in [0.2, 0.25) is 0 Å². The lowest BCUT2D eigenvalue weighted by molar-refractivity contribution is 0.0533. The summed E-state index contributed by atoms with van der Waals surface area (Å²) in [6, 6.07) is 0. The third-order valence-corrected chi connectivity index (χ3v) is 1.82. The maximum atomic E-state index is 11.4. The van der Waals surface area contributed by atoms with E-state index in [0.717, 1.165) is 5.57 Å². The number of carbonyl (C=O) groups excluding carboxylic acids is 1. The number of carbonyl (C=O) groups is 1. The molecule has 90 valence electrons. The van der Waals surface area contributed by atoms with E-state index in [2.05, 4.69) is 10.6 Å². The number of hydrogen-bond donors (Lipinski definition) is 3. The average Bonchev–Trinajstić information content (AvgIpc) is 2.12. The van der Waals surface area contributed by atoms with Gasteiger partial charge in [0.15, 0.2) is 0 Å². The number of alkyl carbamates (subject to hydrolysis) is 1. The fourth-order valence-electron chi connectivity index (χ4n) is 1.21. The van der Waals surface area contributed by atoms with Crippen molar-refractivity contribution in [3.63, 3.8) is 0 Å². The number of hydrogen-bond acceptors (Lipinski definition) is 4. The SMILES string of the molecule is CC(C)(C)OC(=O)NCC1=CC(N)NC=C1. The summed E-state index contributed by atoms with van der Waals surface area (Å²) in [6.07, 6.45) is 4.85. The summed E-state index contributed by atoms with van der Waals surface area (Å²) >= 11 is 0. The van der Waals surface area contributed by atoms with Crippen molar-refractivity contribution in [2.75, 3.05) is 6.54 Å². The molecule has 0 saturated heterocycles. The normalized spacial score (nSPS) is 19.8. The molecule has 0 aliphatic carbocycles. The Hall–Kier alpha value is -1.49. The first-order chi connectivity index (χ1) is 7.37. The third-order valence-electron chi connectivity index (χ3n) is 1.82. The third kappa shape index (κ3) is 4.84. The molecule has 0 aromatic carbocycles. The Morgan fingerprint density at radius 1 is 1.62 bits per heavy atom. The largest absolute Gasteiger partial charge is 0.444 e. The zero-order chi connectivity index (χ0) is 12.2. The van der Waals surface area contributed by atoms with Crippen LogP contribution in [0, 0.1) is 0 Å². The van der Waals surface area contributed by atoms with E-state index in [1.807, 2.05) is 32.9 Å². The Morgan fingerprint density at radius 3 is 2.88 bits per heavy atom. The second-order valence-corrected chi connectivity index (χ2v) is 4.62. The van der Waals surface area contributed by atoms with E-state index in [4.69, 9.17) is 10.5 Å². The van der Waals surface area contributed by atoms with Crippen LogP contribution in [-0.4, -0.2) is 24.4 Å². The van der Waals surface area contributed by atoms with E-state index in [1.54, 1.807) is 6.20 Å². The van der Waals surface area contributed by atoms with Crippen LogP contribution in [0.4, 0.5) is 4.79 Å². The molecule has 1 amide bonds. The van der Waals surface area contributed by atoms with Crippen molar-refractivity contribution in [3.8, 4) is 0 Å². The number of amides is 1. The highest BCUT2D eigenvalue weighted by Crippen LogP contribution is 2.07. The van der Waals surface area contributed by atoms with Crippen molar-refractivity contribution in [2.45, 2.75) is 32.5 Å². The van der Waals surface area contributed by atoms with Crippen molar-refractivity contribution < 1.29 is 9.53 Å². The predicted octanol–water partition coefficient (Wildman–Crippen LogP) is 0.839. The highest BCUT2D eigenvalue weighted by atomic mass is 16.6. The van der Waals surface area contributed by atoms with Gasteiger partial charge in [-0.1, -0.05) is 0 Å². The summed E-state index contributed by atoms with van der Waals surface area (Å²) in [7, 11) is 0. The molecule has 1 heterocycles. The van der Waals surface area contributed by atoms with E-state index < -0.39 is 11.7 Å². The lowest BCUT2D eigenvalue weighted by Crippen LogP contribution is -2.36. The van der Waals surface area contributed by atoms with E-state index in [0.29, 0.717) is 6.54 Å². The molecule has 1 rings (SSSR count). The molecule has 5 nitrogen and oxygen atoms in total. The van der Waals surface area contributed by atoms with Crippen LogP contribution in [0.2, 0.25) is 0 Å². The van der Waals surface area contributed by atoms with Gasteiger partial charge in [0.25, 0.3) is 0 Å². The number of nitrogens with one attached hydrogen (secondary N) is 2. The van der Waals surface area contributed by atoms with Crippen LogP contribution in [0.3, 0.4) is 0 Å². The minimum absolute atomic E-state index is 0.194. The Morgan fingerprint density at radius 2 is 2.31 bits per heavy atom. The highest BCUT2D eigenvalue weighted by molar-refractivity contribution is 5.68. The van der Waals surface area contributed by atoms with Crippen LogP contribution in [0.15, 0.2) is 23.9 Å². The van der Waals surface area contributed by atoms with E-state index in [1.165, 1.54) is 0 Å². The van der Waals surface area contributed by atoms with Gasteiger partial charge >= 0.3 is 6.09 Å². The summed E-state index contributed by atoms with van der Waals surface area (Å²) in [5, 5.41) is 5.58. The molecule has 1 unspecified atom stereocenters. The molecule has 4 N–H and O–H groups in total. The molecule has 0 spiro atoms. The molecular weight excluding hydrogens is 206 g/mol. The smallest absolute Gasteiger partial charge is 0.407 e. The van der Waals surface area contributed by atoms with Crippen LogP contribution >= 0.6 is 0 Å². The maximum Gasteiger partial charge on any atom is 0.407 e. The monoisotopic (exact) mass is 225 g/mol. The standard InChI is InChI=1S/C11H19N3O2/c1-11(2,3)16-10(15)14-7-8-4-5-13-9(12)6-8/h4-6,9,13H,7,12H2,1-3H3,(H,14,15). The van der Waals surface area contributed by atoms with Crippen LogP contribution < -0.4 is 16.4 Å². The molecule has 0 aromatic rings. The van der Waals surface area contributed by atoms with Crippen molar-refractivity contribution in [3.05, 3.63) is 23.9 Å². The molecular formula is C11H19N3O2. The molecule has 16 heavy (non-hydrogen) atoms. The molecule has 5 heteroatoms. The lowest BCUT2D eigenvalue weighted by Gasteiger charge is -2.20. The Labute approximate surface area is 95.7 Å². The van der Waals surface area contributed by atoms with Crippen molar-refractivity contribution in [1.29, 1.82) is 0 Å². The van der Waals surface area contributed by atoms with E-state index in [-0.39, 0.29) is 6.17 Å². The van der Waals surface area contributed by atoms with Gasteiger partial charge in [-0.05, 0) is 44.7 Å². The first-order valence-corrected chi connectivity index (χ1v) is 5.22. The fraction of sp³-hybridized carbons (Fsp3) is 0.545. The molecule has 0 aromatic heterocycles. The van der Waals surface area contributed by atoms with Gasteiger partial charge in [0, 0.05) is 6.54 Å². The Balaban J connectivity index is 2.35. The van der Waals surface area contributed by atoms with Gasteiger partial charge in [-0.2, -0.15) is 0 Å². The molecule has 1 aliphatic heterocycles. The Bertz CT molecular complexity index is 316. The van der Waals surface area contributed by atoms with Crippen LogP contribution in [0.5, 0.6) is 0 Å². The van der Waals surface area contributed by atoms with Gasteiger partial charge in [-0.15, -0.1) is 0 Å². The summed E-state index contributed by atoms with van der Waals surface area (Å²) < 4.78 is 5.11. The van der Waals surface area contributed by atoms with Gasteiger partial charge < -0.3 is 21.1 Å². The number of dihydropyridines is 1. The van der Waals surface area contributed by atoms with Crippen LogP contribution in [0.25, 0.3) is 0 Å². The zero-order valence-corrected chi connectivity index (χ0v) is 9.91. The van der Waals surface area contributed by atoms with E-state index in [9.17, 15) is 4.79 Å². The van der Waals surface area contributed by atoms with Gasteiger partial charge in [-0.3, -0.25) is 0 Å². The number of nitrogens with two attached hydrogens (primary N) is 1. The summed E-state index contributed by atoms with van der Waals surface area (Å²) in [5.74, 6) is 0. The highest BCUT2D eigenvalue weighted by Gasteiger charge is 2.15. The maximum absolute atomic E-state index is 11.4. The average molecular weight is 225 g/mol. The van der Waals surface area contributed by atoms with Crippen LogP contribution in [-0.2, 0) is 4.74 Å². The summed E-state index contributed by atoms with van der Waals surface area (Å²) in [4.78, 5) is 11.4. The Kier molecular flexibility index (Phi) is 3.95. The summed E-state index contributed by atoms with van der Waals surface area (Å²) in [6.45, 7) is 5.89. The van der Waals surface area contributed by atoms with Gasteiger partial charge in [0.1, 0.15) is 5.60 Å². The molecule has 0 fully saturated rings. The van der Waals surface area contributed by atoms with E-state index >= 15 is 0 Å². The lowest BCUT2D eigenvalue weighted by atomic mass is 10.2.